The summed E-state index contributed by atoms with van der Waals surface area (Å²) >= 11 is 0. The maximum Gasteiger partial charge on any atom is 0.231 e. The van der Waals surface area contributed by atoms with Gasteiger partial charge in [0.1, 0.15) is 5.82 Å². The molecule has 0 spiro atoms. The number of benzene rings is 1. The van der Waals surface area contributed by atoms with E-state index >= 15 is 0 Å². The van der Waals surface area contributed by atoms with Crippen molar-refractivity contribution >= 4 is 11.7 Å². The molecule has 3 N–H and O–H groups in total. The van der Waals surface area contributed by atoms with E-state index < -0.39 is 5.92 Å². The van der Waals surface area contributed by atoms with Crippen LogP contribution in [0.2, 0.25) is 0 Å². The van der Waals surface area contributed by atoms with Crippen LogP contribution in [0.3, 0.4) is 0 Å². The quantitative estimate of drug-likeness (QED) is 0.0873. The number of amides is 1. The Morgan fingerprint density at radius 2 is 1.77 bits per heavy atom. The van der Waals surface area contributed by atoms with E-state index in [9.17, 15) is 14.4 Å². The fourth-order valence-corrected chi connectivity index (χ4v) is 4.33. The number of hydrogen-bond acceptors (Lipinski definition) is 7. The smallest absolute Gasteiger partial charge is 0.231 e. The highest BCUT2D eigenvalue weighted by Crippen LogP contribution is 2.19. The van der Waals surface area contributed by atoms with Crippen LogP contribution < -0.4 is 16.0 Å². The third-order valence-electron chi connectivity index (χ3n) is 7.65. The second-order valence-corrected chi connectivity index (χ2v) is 12.0. The lowest BCUT2D eigenvalue weighted by Gasteiger charge is -2.18. The molecule has 2 rings (SSSR count). The normalized spacial score (nSPS) is 14.4. The van der Waals surface area contributed by atoms with E-state index in [1.165, 1.54) is 6.08 Å². The molecule has 1 heterocycles. The average molecular weight is 642 g/mol. The van der Waals surface area contributed by atoms with Crippen molar-refractivity contribution in [1.29, 1.82) is 5.26 Å². The zero-order chi connectivity index (χ0) is 34.8. The minimum atomic E-state index is -0.692. The van der Waals surface area contributed by atoms with Crippen LogP contribution in [0.5, 0.6) is 0 Å². The molecule has 9 heteroatoms. The molecule has 0 aliphatic heterocycles. The molecular weight excluding hydrogens is 589 g/mol. The van der Waals surface area contributed by atoms with Crippen LogP contribution in [0.4, 0.5) is 10.2 Å². The largest absolute Gasteiger partial charge is 0.385 e. The highest BCUT2D eigenvalue weighted by Gasteiger charge is 2.18. The Kier molecular flexibility index (Phi) is 16.9. The van der Waals surface area contributed by atoms with Crippen LogP contribution in [0.15, 0.2) is 95.3 Å². The van der Waals surface area contributed by atoms with Gasteiger partial charge in [-0.1, -0.05) is 61.4 Å². The molecule has 2 aromatic rings. The van der Waals surface area contributed by atoms with Crippen molar-refractivity contribution < 1.29 is 9.18 Å². The number of halogens is 1. The standard InChI is InChI=1S/C38H52FN7O/c1-9-27(3)20-32(23-40)22-34(38(47)45-30(6)28(4)12-17-35(39)10-2)21-29(5)42-24-31-13-15-33(16-14-31)36-25-44-37(26-43-36)41-18-11-19-46(7)8/h12-17,20-22,25-26,30,34,42H,9-11,18-19,24H2,1-8H3,(H,41,44)(H,45,47)/b27-20+,28-12+,29-21?,32-22+,35-17+. The van der Waals surface area contributed by atoms with Crippen molar-refractivity contribution in [1.82, 2.24) is 25.5 Å². The summed E-state index contributed by atoms with van der Waals surface area (Å²) in [6.07, 6.45) is 14.1. The topological polar surface area (TPSA) is 106 Å². The first-order valence-electron chi connectivity index (χ1n) is 16.3. The first kappa shape index (κ1) is 38.6. The number of nitriles is 1. The Bertz CT molecular complexity index is 1480. The zero-order valence-corrected chi connectivity index (χ0v) is 29.3. The average Bonchev–Trinajstić information content (AvgIpc) is 3.07. The number of nitrogens with one attached hydrogen (secondary N) is 3. The molecule has 2 atom stereocenters. The number of anilines is 1. The summed E-state index contributed by atoms with van der Waals surface area (Å²) in [4.78, 5) is 24.7. The van der Waals surface area contributed by atoms with Gasteiger partial charge in [-0.25, -0.2) is 9.37 Å². The molecule has 0 radical (unpaired) electrons. The van der Waals surface area contributed by atoms with Gasteiger partial charge in [0, 0.05) is 36.0 Å². The van der Waals surface area contributed by atoms with Crippen molar-refractivity contribution in [3.8, 4) is 17.3 Å². The summed E-state index contributed by atoms with van der Waals surface area (Å²) in [6.45, 7) is 13.7. The molecule has 0 saturated heterocycles. The molecule has 0 aliphatic rings. The molecular formula is C38H52FN7O. The molecule has 252 valence electrons. The van der Waals surface area contributed by atoms with Crippen molar-refractivity contribution in [2.24, 2.45) is 5.92 Å². The minimum Gasteiger partial charge on any atom is -0.385 e. The predicted octanol–water partition coefficient (Wildman–Crippen LogP) is 7.64. The van der Waals surface area contributed by atoms with Gasteiger partial charge in [0.05, 0.1) is 35.9 Å². The molecule has 2 unspecified atom stereocenters. The molecule has 47 heavy (non-hydrogen) atoms. The van der Waals surface area contributed by atoms with Crippen LogP contribution in [0.1, 0.15) is 66.4 Å². The summed E-state index contributed by atoms with van der Waals surface area (Å²) in [5.41, 5.74) is 5.92. The molecule has 0 bridgehead atoms. The Hall–Kier alpha value is -4.55. The Morgan fingerprint density at radius 3 is 2.36 bits per heavy atom. The maximum atomic E-state index is 13.6. The first-order chi connectivity index (χ1) is 22.4. The first-order valence-corrected chi connectivity index (χ1v) is 16.3. The fraction of sp³-hybridized carbons (Fsp3) is 0.421. The third kappa shape index (κ3) is 14.6. The molecule has 0 saturated carbocycles. The number of hydrogen-bond donors (Lipinski definition) is 3. The number of carbonyl (C=O) groups is 1. The van der Waals surface area contributed by atoms with E-state index in [-0.39, 0.29) is 17.8 Å². The fourth-order valence-electron chi connectivity index (χ4n) is 4.33. The number of rotatable bonds is 18. The Balaban J connectivity index is 2.14. The van der Waals surface area contributed by atoms with Gasteiger partial charge >= 0.3 is 0 Å². The van der Waals surface area contributed by atoms with E-state index in [4.69, 9.17) is 0 Å². The molecule has 8 nitrogen and oxygen atoms in total. The van der Waals surface area contributed by atoms with Crippen molar-refractivity contribution in [2.45, 2.75) is 73.4 Å². The SMILES string of the molecule is CC/C(C)=C/C(C#N)=C\C(C=C(C)NCc1ccc(-c2cnc(NCCCN(C)C)cn2)cc1)C(=O)NC(C)/C(C)=C/C=C(/F)CC. The van der Waals surface area contributed by atoms with E-state index in [0.29, 0.717) is 18.5 Å². The third-order valence-corrected chi connectivity index (χ3v) is 7.65. The summed E-state index contributed by atoms with van der Waals surface area (Å²) in [5.74, 6) is -0.400. The van der Waals surface area contributed by atoms with Crippen LogP contribution in [-0.4, -0.2) is 54.0 Å². The van der Waals surface area contributed by atoms with Gasteiger partial charge in [0.15, 0.2) is 0 Å². The number of nitrogens with zero attached hydrogens (tertiary/aromatic N) is 4. The van der Waals surface area contributed by atoms with Crippen LogP contribution in [-0.2, 0) is 11.3 Å². The molecule has 1 aromatic heterocycles. The van der Waals surface area contributed by atoms with Crippen LogP contribution >= 0.6 is 0 Å². The van der Waals surface area contributed by atoms with Gasteiger partial charge in [-0.05, 0) is 91.4 Å². The van der Waals surface area contributed by atoms with Crippen LogP contribution in [0, 0.1) is 17.2 Å². The summed E-state index contributed by atoms with van der Waals surface area (Å²) in [6, 6.07) is 10.0. The maximum absolute atomic E-state index is 13.6. The lowest BCUT2D eigenvalue weighted by atomic mass is 10.0. The summed E-state index contributed by atoms with van der Waals surface area (Å²) < 4.78 is 13.6. The Labute approximate surface area is 281 Å². The minimum absolute atomic E-state index is 0.221. The molecule has 1 aromatic carbocycles. The van der Waals surface area contributed by atoms with Gasteiger partial charge < -0.3 is 20.9 Å². The van der Waals surface area contributed by atoms with E-state index in [0.717, 1.165) is 65.4 Å². The van der Waals surface area contributed by atoms with Crippen LogP contribution in [0.25, 0.3) is 11.3 Å². The van der Waals surface area contributed by atoms with Gasteiger partial charge in [-0.15, -0.1) is 0 Å². The van der Waals surface area contributed by atoms with Gasteiger partial charge in [0.2, 0.25) is 5.91 Å². The van der Waals surface area contributed by atoms with Crippen molar-refractivity contribution in [3.05, 3.63) is 101 Å². The summed E-state index contributed by atoms with van der Waals surface area (Å²) in [5, 5.41) is 19.5. The highest BCUT2D eigenvalue weighted by molar-refractivity contribution is 5.83. The number of carbonyl (C=O) groups excluding carboxylic acids is 1. The van der Waals surface area contributed by atoms with Crippen molar-refractivity contribution in [2.75, 3.05) is 32.5 Å². The highest BCUT2D eigenvalue weighted by atomic mass is 19.1. The van der Waals surface area contributed by atoms with Gasteiger partial charge in [-0.2, -0.15) is 5.26 Å². The predicted molar refractivity (Wildman–Crippen MR) is 192 cm³/mol. The zero-order valence-electron chi connectivity index (χ0n) is 29.3. The Morgan fingerprint density at radius 1 is 1.04 bits per heavy atom. The molecule has 0 aliphatic carbocycles. The molecule has 1 amide bonds. The number of allylic oxidation sites excluding steroid dienone is 7. The van der Waals surface area contributed by atoms with Crippen molar-refractivity contribution in [3.63, 3.8) is 0 Å². The lowest BCUT2D eigenvalue weighted by Crippen LogP contribution is -2.37. The van der Waals surface area contributed by atoms with E-state index in [2.05, 4.69) is 51.0 Å². The second kappa shape index (κ2) is 20.5. The van der Waals surface area contributed by atoms with Gasteiger partial charge in [-0.3, -0.25) is 9.78 Å². The monoisotopic (exact) mass is 641 g/mol. The number of aromatic nitrogens is 2. The van der Waals surface area contributed by atoms with Gasteiger partial charge in [0.25, 0.3) is 0 Å². The van der Waals surface area contributed by atoms with E-state index in [1.807, 2.05) is 71.0 Å². The molecule has 0 fully saturated rings. The van der Waals surface area contributed by atoms with E-state index in [1.54, 1.807) is 31.5 Å². The second-order valence-electron chi connectivity index (χ2n) is 12.0. The lowest BCUT2D eigenvalue weighted by molar-refractivity contribution is -0.122. The summed E-state index contributed by atoms with van der Waals surface area (Å²) in [7, 11) is 4.12.